The van der Waals surface area contributed by atoms with E-state index in [1.807, 2.05) is 6.07 Å². The summed E-state index contributed by atoms with van der Waals surface area (Å²) >= 11 is 0. The summed E-state index contributed by atoms with van der Waals surface area (Å²) in [5, 5.41) is 17.5. The van der Waals surface area contributed by atoms with Gasteiger partial charge in [0.05, 0.1) is 13.2 Å². The quantitative estimate of drug-likeness (QED) is 0.550. The van der Waals surface area contributed by atoms with Crippen LogP contribution >= 0.6 is 0 Å². The van der Waals surface area contributed by atoms with Crippen LogP contribution in [-0.2, 0) is 0 Å². The molecular formula is C13H21N3O3. The van der Waals surface area contributed by atoms with Crippen LogP contribution in [0, 0.1) is 0 Å². The second kappa shape index (κ2) is 8.34. The van der Waals surface area contributed by atoms with Crippen molar-refractivity contribution in [3.8, 4) is 5.75 Å². The first-order chi connectivity index (χ1) is 9.11. The van der Waals surface area contributed by atoms with Gasteiger partial charge in [0.25, 0.3) is 0 Å². The molecule has 0 saturated heterocycles. The molecule has 6 nitrogen and oxygen atoms in total. The number of aliphatic hydroxyl groups excluding tert-OH is 1. The van der Waals surface area contributed by atoms with Crippen LogP contribution < -0.4 is 20.7 Å². The van der Waals surface area contributed by atoms with Gasteiger partial charge in [-0.1, -0.05) is 6.07 Å². The highest BCUT2D eigenvalue weighted by molar-refractivity contribution is 5.89. The number of nitrogens with one attached hydrogen (secondary N) is 3. The molecule has 0 aliphatic heterocycles. The van der Waals surface area contributed by atoms with Gasteiger partial charge < -0.3 is 25.8 Å². The van der Waals surface area contributed by atoms with E-state index in [1.165, 1.54) is 0 Å². The number of amides is 2. The molecular weight excluding hydrogens is 246 g/mol. The molecule has 1 unspecified atom stereocenters. The van der Waals surface area contributed by atoms with Crippen molar-refractivity contribution in [2.45, 2.75) is 13.0 Å². The average molecular weight is 267 g/mol. The Hall–Kier alpha value is -1.79. The second-order valence-corrected chi connectivity index (χ2v) is 4.17. The molecule has 2 amide bonds. The van der Waals surface area contributed by atoms with Gasteiger partial charge in [0, 0.05) is 31.4 Å². The fourth-order valence-electron chi connectivity index (χ4n) is 1.45. The zero-order valence-corrected chi connectivity index (χ0v) is 11.3. The smallest absolute Gasteiger partial charge is 0.319 e. The van der Waals surface area contributed by atoms with Gasteiger partial charge >= 0.3 is 6.03 Å². The first kappa shape index (κ1) is 15.3. The fraction of sp³-hybridized carbons (Fsp3) is 0.462. The highest BCUT2D eigenvalue weighted by Crippen LogP contribution is 2.16. The van der Waals surface area contributed by atoms with Crippen LogP contribution in [0.5, 0.6) is 5.75 Å². The molecule has 106 valence electrons. The van der Waals surface area contributed by atoms with Gasteiger partial charge in [-0.05, 0) is 19.1 Å². The summed E-state index contributed by atoms with van der Waals surface area (Å²) in [5.41, 5.74) is 0.675. The lowest BCUT2D eigenvalue weighted by molar-refractivity contribution is 0.191. The van der Waals surface area contributed by atoms with Crippen molar-refractivity contribution in [1.29, 1.82) is 0 Å². The summed E-state index contributed by atoms with van der Waals surface area (Å²) in [6.45, 7) is 3.31. The van der Waals surface area contributed by atoms with Crippen LogP contribution in [0.2, 0.25) is 0 Å². The van der Waals surface area contributed by atoms with E-state index in [2.05, 4.69) is 16.0 Å². The van der Waals surface area contributed by atoms with Gasteiger partial charge in [-0.3, -0.25) is 0 Å². The number of carbonyl (C=O) groups excluding carboxylic acids is 1. The minimum atomic E-state index is -0.384. The number of anilines is 1. The van der Waals surface area contributed by atoms with E-state index >= 15 is 0 Å². The van der Waals surface area contributed by atoms with Gasteiger partial charge in [-0.2, -0.15) is 0 Å². The van der Waals surface area contributed by atoms with Gasteiger partial charge in [0.1, 0.15) is 5.75 Å². The number of ether oxygens (including phenoxy) is 1. The van der Waals surface area contributed by atoms with Crippen LogP contribution in [0.3, 0.4) is 0 Å². The van der Waals surface area contributed by atoms with Crippen LogP contribution in [0.1, 0.15) is 6.92 Å². The summed E-state index contributed by atoms with van der Waals surface area (Å²) in [7, 11) is 1.58. The highest BCUT2D eigenvalue weighted by atomic mass is 16.5. The molecule has 0 aromatic heterocycles. The topological polar surface area (TPSA) is 82.6 Å². The SMILES string of the molecule is COc1cccc(NC(=O)NCCNCC(C)O)c1. The average Bonchev–Trinajstić information content (AvgIpc) is 2.38. The molecule has 6 heteroatoms. The number of carbonyl (C=O) groups is 1. The number of hydrogen-bond donors (Lipinski definition) is 4. The molecule has 0 saturated carbocycles. The van der Waals surface area contributed by atoms with Gasteiger partial charge in [-0.25, -0.2) is 4.79 Å². The third kappa shape index (κ3) is 6.64. The summed E-state index contributed by atoms with van der Waals surface area (Å²) in [6, 6.07) is 6.87. The van der Waals surface area contributed by atoms with Crippen molar-refractivity contribution in [2.24, 2.45) is 0 Å². The molecule has 0 fully saturated rings. The number of benzene rings is 1. The second-order valence-electron chi connectivity index (χ2n) is 4.17. The Morgan fingerprint density at radius 2 is 2.21 bits per heavy atom. The number of methoxy groups -OCH3 is 1. The predicted molar refractivity (Wildman–Crippen MR) is 74.6 cm³/mol. The Balaban J connectivity index is 2.23. The van der Waals surface area contributed by atoms with E-state index in [1.54, 1.807) is 32.2 Å². The number of hydrogen-bond acceptors (Lipinski definition) is 4. The van der Waals surface area contributed by atoms with E-state index in [9.17, 15) is 4.79 Å². The largest absolute Gasteiger partial charge is 0.497 e. The van der Waals surface area contributed by atoms with Crippen LogP contribution in [-0.4, -0.2) is 44.0 Å². The molecule has 1 aromatic carbocycles. The van der Waals surface area contributed by atoms with Gasteiger partial charge in [0.2, 0.25) is 0 Å². The molecule has 0 heterocycles. The third-order valence-electron chi connectivity index (χ3n) is 2.35. The maximum Gasteiger partial charge on any atom is 0.319 e. The van der Waals surface area contributed by atoms with Crippen molar-refractivity contribution in [3.05, 3.63) is 24.3 Å². The van der Waals surface area contributed by atoms with Crippen molar-refractivity contribution < 1.29 is 14.6 Å². The maximum atomic E-state index is 11.6. The Bertz CT molecular complexity index is 396. The molecule has 1 rings (SSSR count). The minimum absolute atomic E-state index is 0.271. The summed E-state index contributed by atoms with van der Waals surface area (Å²) in [6.07, 6.45) is -0.384. The minimum Gasteiger partial charge on any atom is -0.497 e. The summed E-state index contributed by atoms with van der Waals surface area (Å²) < 4.78 is 5.07. The zero-order chi connectivity index (χ0) is 14.1. The van der Waals surface area contributed by atoms with Crippen LogP contribution in [0.25, 0.3) is 0 Å². The normalized spacial score (nSPS) is 11.7. The number of urea groups is 1. The van der Waals surface area contributed by atoms with E-state index in [0.717, 1.165) is 0 Å². The van der Waals surface area contributed by atoms with E-state index in [0.29, 0.717) is 31.1 Å². The summed E-state index contributed by atoms with van der Waals surface area (Å²) in [5.74, 6) is 0.691. The standard InChI is InChI=1S/C13H21N3O3/c1-10(17)9-14-6-7-15-13(18)16-11-4-3-5-12(8-11)19-2/h3-5,8,10,14,17H,6-7,9H2,1-2H3,(H2,15,16,18). The molecule has 0 aliphatic rings. The Morgan fingerprint density at radius 1 is 1.42 bits per heavy atom. The molecule has 0 spiro atoms. The summed E-state index contributed by atoms with van der Waals surface area (Å²) in [4.78, 5) is 11.6. The lowest BCUT2D eigenvalue weighted by Crippen LogP contribution is -2.36. The zero-order valence-electron chi connectivity index (χ0n) is 11.3. The highest BCUT2D eigenvalue weighted by Gasteiger charge is 2.02. The first-order valence-electron chi connectivity index (χ1n) is 6.19. The molecule has 0 radical (unpaired) electrons. The van der Waals surface area contributed by atoms with Crippen molar-refractivity contribution >= 4 is 11.7 Å². The Morgan fingerprint density at radius 3 is 2.89 bits per heavy atom. The number of rotatable bonds is 7. The van der Waals surface area contributed by atoms with Crippen molar-refractivity contribution in [2.75, 3.05) is 32.1 Å². The Kier molecular flexibility index (Phi) is 6.70. The molecule has 0 aliphatic carbocycles. The van der Waals surface area contributed by atoms with Crippen LogP contribution in [0.15, 0.2) is 24.3 Å². The third-order valence-corrected chi connectivity index (χ3v) is 2.35. The molecule has 4 N–H and O–H groups in total. The first-order valence-corrected chi connectivity index (χ1v) is 6.19. The van der Waals surface area contributed by atoms with Gasteiger partial charge in [-0.15, -0.1) is 0 Å². The lowest BCUT2D eigenvalue weighted by atomic mass is 10.3. The van der Waals surface area contributed by atoms with Crippen molar-refractivity contribution in [3.63, 3.8) is 0 Å². The molecule has 1 aromatic rings. The molecule has 19 heavy (non-hydrogen) atoms. The van der Waals surface area contributed by atoms with E-state index in [4.69, 9.17) is 9.84 Å². The Labute approximate surface area is 113 Å². The monoisotopic (exact) mass is 267 g/mol. The maximum absolute atomic E-state index is 11.6. The molecule has 1 atom stereocenters. The van der Waals surface area contributed by atoms with E-state index in [-0.39, 0.29) is 12.1 Å². The molecule has 0 bridgehead atoms. The van der Waals surface area contributed by atoms with Gasteiger partial charge in [0.15, 0.2) is 0 Å². The number of aliphatic hydroxyl groups is 1. The fourth-order valence-corrected chi connectivity index (χ4v) is 1.45. The predicted octanol–water partition coefficient (Wildman–Crippen LogP) is 0.787. The van der Waals surface area contributed by atoms with Crippen molar-refractivity contribution in [1.82, 2.24) is 10.6 Å². The lowest BCUT2D eigenvalue weighted by Gasteiger charge is -2.10. The van der Waals surface area contributed by atoms with Crippen LogP contribution in [0.4, 0.5) is 10.5 Å². The van der Waals surface area contributed by atoms with E-state index < -0.39 is 0 Å².